The topological polar surface area (TPSA) is 92.8 Å². The highest BCUT2D eigenvalue weighted by Gasteiger charge is 2.17. The fraction of sp³-hybridized carbons (Fsp3) is 0.300. The molecule has 1 saturated heterocycles. The lowest BCUT2D eigenvalue weighted by molar-refractivity contribution is 0.0903. The summed E-state index contributed by atoms with van der Waals surface area (Å²) in [5.41, 5.74) is 1.15. The molecule has 0 unspecified atom stereocenters. The number of nitrogens with zero attached hydrogens (tertiary/aromatic N) is 4. The molecule has 1 N–H and O–H groups in total. The number of fused-ring (bicyclic) bond motifs is 1. The third-order valence-corrected chi connectivity index (χ3v) is 5.10. The van der Waals surface area contributed by atoms with E-state index in [4.69, 9.17) is 16.3 Å². The van der Waals surface area contributed by atoms with E-state index < -0.39 is 0 Å². The van der Waals surface area contributed by atoms with Crippen molar-refractivity contribution in [2.24, 2.45) is 0 Å². The van der Waals surface area contributed by atoms with Crippen LogP contribution in [0.15, 0.2) is 41.3 Å². The first-order valence-corrected chi connectivity index (χ1v) is 9.42. The van der Waals surface area contributed by atoms with Crippen LogP contribution < -0.4 is 10.9 Å². The lowest BCUT2D eigenvalue weighted by Gasteiger charge is -2.23. The zero-order chi connectivity index (χ0) is 19.5. The molecule has 150 valence electrons. The molecule has 0 radical (unpaired) electrons. The van der Waals surface area contributed by atoms with Crippen LogP contribution in [0.25, 0.3) is 22.2 Å². The summed E-state index contributed by atoms with van der Waals surface area (Å²) in [6, 6.07) is 11.1. The smallest absolute Gasteiger partial charge is 0.261 e. The van der Waals surface area contributed by atoms with Crippen molar-refractivity contribution in [2.45, 2.75) is 25.4 Å². The van der Waals surface area contributed by atoms with Crippen molar-refractivity contribution in [1.82, 2.24) is 14.5 Å². The van der Waals surface area contributed by atoms with Crippen molar-refractivity contribution in [3.63, 3.8) is 0 Å². The summed E-state index contributed by atoms with van der Waals surface area (Å²) in [7, 11) is 0. The SMILES string of the molecule is Cl.N#CCn1c(=O)c(-c2ccccc2Cl)cc2cnc(NC3CCOCC3)nc21. The van der Waals surface area contributed by atoms with Crippen LogP contribution in [0.1, 0.15) is 12.8 Å². The van der Waals surface area contributed by atoms with Gasteiger partial charge < -0.3 is 10.1 Å². The Labute approximate surface area is 178 Å². The molecule has 7 nitrogen and oxygen atoms in total. The second-order valence-electron chi connectivity index (χ2n) is 6.59. The van der Waals surface area contributed by atoms with Crippen molar-refractivity contribution in [3.05, 3.63) is 51.9 Å². The Morgan fingerprint density at radius 3 is 2.76 bits per heavy atom. The second-order valence-corrected chi connectivity index (χ2v) is 7.00. The van der Waals surface area contributed by atoms with E-state index in [9.17, 15) is 10.1 Å². The van der Waals surface area contributed by atoms with Crippen molar-refractivity contribution in [1.29, 1.82) is 5.26 Å². The molecule has 0 amide bonds. The highest BCUT2D eigenvalue weighted by atomic mass is 35.5. The molecule has 2 aromatic heterocycles. The lowest BCUT2D eigenvalue weighted by atomic mass is 10.1. The molecule has 3 aromatic rings. The minimum atomic E-state index is -0.308. The van der Waals surface area contributed by atoms with Gasteiger partial charge in [-0.25, -0.2) is 4.98 Å². The lowest BCUT2D eigenvalue weighted by Crippen LogP contribution is -2.29. The van der Waals surface area contributed by atoms with E-state index in [1.54, 1.807) is 30.5 Å². The molecule has 0 bridgehead atoms. The molecule has 1 aliphatic rings. The fourth-order valence-electron chi connectivity index (χ4n) is 3.34. The molecule has 0 aliphatic carbocycles. The maximum absolute atomic E-state index is 13.1. The molecule has 1 fully saturated rings. The van der Waals surface area contributed by atoms with E-state index >= 15 is 0 Å². The molecule has 1 aliphatic heterocycles. The van der Waals surface area contributed by atoms with Crippen LogP contribution in [0.3, 0.4) is 0 Å². The summed E-state index contributed by atoms with van der Waals surface area (Å²) in [4.78, 5) is 22.0. The molecular weight excluding hydrogens is 413 g/mol. The summed E-state index contributed by atoms with van der Waals surface area (Å²) in [6.45, 7) is 1.29. The Balaban J connectivity index is 0.00000240. The number of hydrogen-bond acceptors (Lipinski definition) is 6. The van der Waals surface area contributed by atoms with Crippen LogP contribution in [0.5, 0.6) is 0 Å². The van der Waals surface area contributed by atoms with Crippen LogP contribution in [0.4, 0.5) is 5.95 Å². The average molecular weight is 432 g/mol. The Morgan fingerprint density at radius 1 is 1.28 bits per heavy atom. The number of nitrogens with one attached hydrogen (secondary N) is 1. The molecular formula is C20H19Cl2N5O2. The second kappa shape index (κ2) is 9.23. The zero-order valence-corrected chi connectivity index (χ0v) is 17.0. The number of benzene rings is 1. The quantitative estimate of drug-likeness (QED) is 0.677. The summed E-state index contributed by atoms with van der Waals surface area (Å²) in [5.74, 6) is 0.441. The first-order chi connectivity index (χ1) is 13.7. The van der Waals surface area contributed by atoms with Gasteiger partial charge in [-0.15, -0.1) is 12.4 Å². The maximum Gasteiger partial charge on any atom is 0.261 e. The highest BCUT2D eigenvalue weighted by molar-refractivity contribution is 6.33. The van der Waals surface area contributed by atoms with Crippen LogP contribution in [0.2, 0.25) is 5.02 Å². The van der Waals surface area contributed by atoms with Crippen molar-refractivity contribution < 1.29 is 4.74 Å². The Hall–Kier alpha value is -2.66. The Morgan fingerprint density at radius 2 is 2.03 bits per heavy atom. The van der Waals surface area contributed by atoms with Gasteiger partial charge in [-0.2, -0.15) is 10.2 Å². The normalized spacial score (nSPS) is 14.2. The fourth-order valence-corrected chi connectivity index (χ4v) is 3.58. The van der Waals surface area contributed by atoms with E-state index in [1.165, 1.54) is 4.57 Å². The van der Waals surface area contributed by atoms with E-state index in [-0.39, 0.29) is 30.6 Å². The Kier molecular flexibility index (Phi) is 6.70. The minimum absolute atomic E-state index is 0. The van der Waals surface area contributed by atoms with Crippen LogP contribution in [-0.2, 0) is 11.3 Å². The van der Waals surface area contributed by atoms with Gasteiger partial charge >= 0.3 is 0 Å². The van der Waals surface area contributed by atoms with Gasteiger partial charge in [0.25, 0.3) is 5.56 Å². The minimum Gasteiger partial charge on any atom is -0.381 e. The molecule has 29 heavy (non-hydrogen) atoms. The van der Waals surface area contributed by atoms with Crippen molar-refractivity contribution in [2.75, 3.05) is 18.5 Å². The van der Waals surface area contributed by atoms with E-state index in [0.717, 1.165) is 12.8 Å². The highest BCUT2D eigenvalue weighted by Crippen LogP contribution is 2.27. The summed E-state index contributed by atoms with van der Waals surface area (Å²) < 4.78 is 6.73. The van der Waals surface area contributed by atoms with Gasteiger partial charge in [0.15, 0.2) is 0 Å². The summed E-state index contributed by atoms with van der Waals surface area (Å²) >= 11 is 6.28. The van der Waals surface area contributed by atoms with E-state index in [0.29, 0.717) is 46.3 Å². The molecule has 9 heteroatoms. The third-order valence-electron chi connectivity index (χ3n) is 4.77. The molecule has 1 aromatic carbocycles. The number of pyridine rings is 1. The molecule has 0 spiro atoms. The monoisotopic (exact) mass is 431 g/mol. The van der Waals surface area contributed by atoms with Crippen LogP contribution in [-0.4, -0.2) is 33.8 Å². The maximum atomic E-state index is 13.1. The van der Waals surface area contributed by atoms with Crippen LogP contribution in [0, 0.1) is 11.3 Å². The first kappa shape index (κ1) is 21.1. The van der Waals surface area contributed by atoms with Gasteiger partial charge in [-0.3, -0.25) is 9.36 Å². The number of rotatable bonds is 4. The molecule has 3 heterocycles. The van der Waals surface area contributed by atoms with Gasteiger partial charge in [0.05, 0.1) is 6.07 Å². The summed E-state index contributed by atoms with van der Waals surface area (Å²) in [5, 5.41) is 13.7. The van der Waals surface area contributed by atoms with E-state index in [2.05, 4.69) is 15.3 Å². The largest absolute Gasteiger partial charge is 0.381 e. The zero-order valence-electron chi connectivity index (χ0n) is 15.5. The number of aromatic nitrogens is 3. The van der Waals surface area contributed by atoms with Gasteiger partial charge in [-0.05, 0) is 25.0 Å². The number of anilines is 1. The van der Waals surface area contributed by atoms with Crippen molar-refractivity contribution in [3.8, 4) is 17.2 Å². The standard InChI is InChI=1S/C20H18ClN5O2.ClH/c21-17-4-2-1-3-15(17)16-11-13-12-23-20(24-14-5-9-28-10-6-14)25-18(13)26(8-7-22)19(16)27;/h1-4,11-12,14H,5-6,8-10H2,(H,23,24,25);1H. The predicted octanol–water partition coefficient (Wildman–Crippen LogP) is 3.65. The number of ether oxygens (including phenoxy) is 1. The molecule has 0 atom stereocenters. The third kappa shape index (κ3) is 4.35. The molecule has 0 saturated carbocycles. The number of hydrogen-bond donors (Lipinski definition) is 1. The van der Waals surface area contributed by atoms with Gasteiger partial charge in [0.1, 0.15) is 12.2 Å². The van der Waals surface area contributed by atoms with Gasteiger partial charge in [0.2, 0.25) is 5.95 Å². The Bertz CT molecular complexity index is 1120. The van der Waals surface area contributed by atoms with Gasteiger partial charge in [-0.1, -0.05) is 29.8 Å². The number of nitriles is 1. The predicted molar refractivity (Wildman–Crippen MR) is 115 cm³/mol. The van der Waals surface area contributed by atoms with E-state index in [1.807, 2.05) is 12.1 Å². The first-order valence-electron chi connectivity index (χ1n) is 9.04. The van der Waals surface area contributed by atoms with Crippen LogP contribution >= 0.6 is 24.0 Å². The average Bonchev–Trinajstić information content (AvgIpc) is 2.71. The van der Waals surface area contributed by atoms with Gasteiger partial charge in [0, 0.05) is 47.0 Å². The molecule has 4 rings (SSSR count). The van der Waals surface area contributed by atoms with Crippen molar-refractivity contribution >= 4 is 41.0 Å². The summed E-state index contributed by atoms with van der Waals surface area (Å²) in [6.07, 6.45) is 3.41. The number of halogens is 2.